The Balaban J connectivity index is 2.44. The van der Waals surface area contributed by atoms with Crippen molar-refractivity contribution in [2.75, 3.05) is 14.2 Å². The lowest BCUT2D eigenvalue weighted by Crippen LogP contribution is -2.03. The molecule has 0 radical (unpaired) electrons. The van der Waals surface area contributed by atoms with Crippen LogP contribution < -0.4 is 0 Å². The number of carbonyl (C=O) groups is 2. The van der Waals surface area contributed by atoms with Crippen molar-refractivity contribution >= 4 is 11.9 Å². The molecule has 2 aromatic rings. The van der Waals surface area contributed by atoms with E-state index in [1.807, 2.05) is 26.0 Å². The van der Waals surface area contributed by atoms with Crippen molar-refractivity contribution in [1.29, 1.82) is 0 Å². The largest absolute Gasteiger partial charge is 0.465 e. The molecule has 2 aromatic carbocycles. The zero-order chi connectivity index (χ0) is 16.3. The summed E-state index contributed by atoms with van der Waals surface area (Å²) in [6.07, 6.45) is 0. The zero-order valence-electron chi connectivity index (χ0n) is 13.1. The Bertz CT molecular complexity index is 668. The second-order valence-corrected chi connectivity index (χ2v) is 5.04. The van der Waals surface area contributed by atoms with Gasteiger partial charge in [0.2, 0.25) is 0 Å². The predicted octanol–water partition coefficient (Wildman–Crippen LogP) is 3.54. The molecule has 0 fully saturated rings. The first-order chi connectivity index (χ1) is 10.5. The fraction of sp³-hybridized carbons (Fsp3) is 0.222. The third kappa shape index (κ3) is 3.01. The van der Waals surface area contributed by atoms with Crippen molar-refractivity contribution in [2.24, 2.45) is 0 Å². The molecule has 2 rings (SSSR count). The van der Waals surface area contributed by atoms with Crippen molar-refractivity contribution in [3.05, 3.63) is 58.7 Å². The Labute approximate surface area is 129 Å². The van der Waals surface area contributed by atoms with E-state index in [4.69, 9.17) is 9.47 Å². The van der Waals surface area contributed by atoms with Gasteiger partial charge in [-0.3, -0.25) is 0 Å². The Morgan fingerprint density at radius 2 is 1.09 bits per heavy atom. The maximum atomic E-state index is 11.6. The van der Waals surface area contributed by atoms with Crippen LogP contribution in [0.1, 0.15) is 31.8 Å². The summed E-state index contributed by atoms with van der Waals surface area (Å²) < 4.78 is 9.45. The van der Waals surface area contributed by atoms with Gasteiger partial charge in [-0.15, -0.1) is 0 Å². The lowest BCUT2D eigenvalue weighted by atomic mass is 9.94. The number of hydrogen-bond acceptors (Lipinski definition) is 4. The van der Waals surface area contributed by atoms with Crippen molar-refractivity contribution < 1.29 is 19.1 Å². The lowest BCUT2D eigenvalue weighted by molar-refractivity contribution is 0.0591. The lowest BCUT2D eigenvalue weighted by Gasteiger charge is -2.12. The van der Waals surface area contributed by atoms with E-state index in [1.165, 1.54) is 14.2 Å². The highest BCUT2D eigenvalue weighted by Gasteiger charge is 2.12. The van der Waals surface area contributed by atoms with E-state index in [1.54, 1.807) is 24.3 Å². The molecular weight excluding hydrogens is 280 g/mol. The molecule has 22 heavy (non-hydrogen) atoms. The van der Waals surface area contributed by atoms with E-state index >= 15 is 0 Å². The van der Waals surface area contributed by atoms with E-state index < -0.39 is 0 Å². The topological polar surface area (TPSA) is 52.6 Å². The predicted molar refractivity (Wildman–Crippen MR) is 84.0 cm³/mol. The van der Waals surface area contributed by atoms with Crippen LogP contribution in [0.2, 0.25) is 0 Å². The summed E-state index contributed by atoms with van der Waals surface area (Å²) >= 11 is 0. The molecule has 0 heterocycles. The van der Waals surface area contributed by atoms with Crippen LogP contribution in [-0.2, 0) is 9.47 Å². The molecule has 0 aliphatic rings. The third-order valence-corrected chi connectivity index (χ3v) is 3.59. The molecule has 4 nitrogen and oxygen atoms in total. The molecule has 0 aliphatic carbocycles. The van der Waals surface area contributed by atoms with Crippen LogP contribution in [0.3, 0.4) is 0 Å². The summed E-state index contributed by atoms with van der Waals surface area (Å²) in [5, 5.41) is 0. The van der Waals surface area contributed by atoms with Crippen molar-refractivity contribution in [2.45, 2.75) is 13.8 Å². The van der Waals surface area contributed by atoms with Gasteiger partial charge in [0.25, 0.3) is 0 Å². The molecule has 0 aliphatic heterocycles. The van der Waals surface area contributed by atoms with Gasteiger partial charge in [0.15, 0.2) is 0 Å². The second kappa shape index (κ2) is 6.43. The molecule has 0 atom stereocenters. The average Bonchev–Trinajstić information content (AvgIpc) is 2.53. The van der Waals surface area contributed by atoms with Crippen LogP contribution in [0.25, 0.3) is 11.1 Å². The summed E-state index contributed by atoms with van der Waals surface area (Å²) in [5.74, 6) is -0.708. The number of rotatable bonds is 3. The fourth-order valence-electron chi connectivity index (χ4n) is 2.42. The molecule has 0 spiro atoms. The maximum Gasteiger partial charge on any atom is 0.337 e. The SMILES string of the molecule is COC(=O)c1ccc(-c2ccc(C(=O)OC)cc2C)c(C)c1. The second-order valence-electron chi connectivity index (χ2n) is 5.04. The smallest absolute Gasteiger partial charge is 0.337 e. The molecule has 0 unspecified atom stereocenters. The summed E-state index contributed by atoms with van der Waals surface area (Å²) in [7, 11) is 2.72. The van der Waals surface area contributed by atoms with Gasteiger partial charge < -0.3 is 9.47 Å². The van der Waals surface area contributed by atoms with Crippen molar-refractivity contribution in [1.82, 2.24) is 0 Å². The van der Waals surface area contributed by atoms with Crippen molar-refractivity contribution in [3.8, 4) is 11.1 Å². The normalized spacial score (nSPS) is 10.2. The molecule has 0 N–H and O–H groups in total. The molecule has 0 amide bonds. The minimum Gasteiger partial charge on any atom is -0.465 e. The van der Waals surface area contributed by atoms with Crippen LogP contribution in [0.4, 0.5) is 0 Å². The van der Waals surface area contributed by atoms with Gasteiger partial charge >= 0.3 is 11.9 Å². The quantitative estimate of drug-likeness (QED) is 0.813. The minimum absolute atomic E-state index is 0.354. The number of carbonyl (C=O) groups excluding carboxylic acids is 2. The van der Waals surface area contributed by atoms with Gasteiger partial charge in [0.1, 0.15) is 0 Å². The monoisotopic (exact) mass is 298 g/mol. The van der Waals surface area contributed by atoms with Crippen LogP contribution in [0.5, 0.6) is 0 Å². The Kier molecular flexibility index (Phi) is 4.61. The maximum absolute atomic E-state index is 11.6. The molecule has 0 aromatic heterocycles. The number of benzene rings is 2. The molecular formula is C18H18O4. The number of methoxy groups -OCH3 is 2. The highest BCUT2D eigenvalue weighted by atomic mass is 16.5. The standard InChI is InChI=1S/C18H18O4/c1-11-9-13(17(19)21-3)5-7-15(11)16-8-6-14(10-12(16)2)18(20)22-4/h5-10H,1-4H3. The molecule has 0 saturated heterocycles. The Morgan fingerprint density at radius 3 is 1.36 bits per heavy atom. The number of ether oxygens (including phenoxy) is 2. The zero-order valence-corrected chi connectivity index (χ0v) is 13.1. The average molecular weight is 298 g/mol. The summed E-state index contributed by atoms with van der Waals surface area (Å²) in [6.45, 7) is 3.88. The number of esters is 2. The highest BCUT2D eigenvalue weighted by molar-refractivity contribution is 5.92. The van der Waals surface area contributed by atoms with Crippen LogP contribution in [0.15, 0.2) is 36.4 Å². The molecule has 0 bridgehead atoms. The van der Waals surface area contributed by atoms with Crippen LogP contribution in [0, 0.1) is 13.8 Å². The Morgan fingerprint density at radius 1 is 0.727 bits per heavy atom. The highest BCUT2D eigenvalue weighted by Crippen LogP contribution is 2.28. The van der Waals surface area contributed by atoms with E-state index in [9.17, 15) is 9.59 Å². The fourth-order valence-corrected chi connectivity index (χ4v) is 2.42. The first-order valence-electron chi connectivity index (χ1n) is 6.86. The molecule has 4 heteroatoms. The van der Waals surface area contributed by atoms with E-state index in [0.29, 0.717) is 11.1 Å². The Hall–Kier alpha value is -2.62. The minimum atomic E-state index is -0.354. The molecule has 0 saturated carbocycles. The van der Waals surface area contributed by atoms with Crippen LogP contribution >= 0.6 is 0 Å². The number of aryl methyl sites for hydroxylation is 2. The van der Waals surface area contributed by atoms with Gasteiger partial charge in [0, 0.05) is 0 Å². The first kappa shape index (κ1) is 15.8. The van der Waals surface area contributed by atoms with E-state index in [0.717, 1.165) is 22.3 Å². The van der Waals surface area contributed by atoms with Gasteiger partial charge in [-0.25, -0.2) is 9.59 Å². The van der Waals surface area contributed by atoms with Gasteiger partial charge in [-0.2, -0.15) is 0 Å². The van der Waals surface area contributed by atoms with Gasteiger partial charge in [-0.05, 0) is 60.4 Å². The summed E-state index contributed by atoms with van der Waals surface area (Å²) in [5.41, 5.74) is 5.01. The summed E-state index contributed by atoms with van der Waals surface area (Å²) in [4.78, 5) is 23.1. The van der Waals surface area contributed by atoms with Crippen molar-refractivity contribution in [3.63, 3.8) is 0 Å². The molecule has 114 valence electrons. The number of hydrogen-bond donors (Lipinski definition) is 0. The summed E-state index contributed by atoms with van der Waals surface area (Å²) in [6, 6.07) is 10.9. The van der Waals surface area contributed by atoms with E-state index in [2.05, 4.69) is 0 Å². The van der Waals surface area contributed by atoms with Gasteiger partial charge in [-0.1, -0.05) is 12.1 Å². The van der Waals surface area contributed by atoms with Gasteiger partial charge in [0.05, 0.1) is 25.3 Å². The van der Waals surface area contributed by atoms with E-state index in [-0.39, 0.29) is 11.9 Å². The first-order valence-corrected chi connectivity index (χ1v) is 6.86. The van der Waals surface area contributed by atoms with Crippen LogP contribution in [-0.4, -0.2) is 26.2 Å². The third-order valence-electron chi connectivity index (χ3n) is 3.59.